The van der Waals surface area contributed by atoms with Crippen molar-refractivity contribution in [2.45, 2.75) is 25.0 Å². The highest BCUT2D eigenvalue weighted by Gasteiger charge is 2.30. The molecule has 0 radical (unpaired) electrons. The number of ether oxygens (including phenoxy) is 2. The molecule has 4 heteroatoms. The highest BCUT2D eigenvalue weighted by Crippen LogP contribution is 2.49. The highest BCUT2D eigenvalue weighted by atomic mass is 16.5. The molecular formula is C20H12N2O2. The van der Waals surface area contributed by atoms with Crippen LogP contribution in [0.15, 0.2) is 36.4 Å². The number of nitrogens with zero attached hydrogens (tertiary/aromatic N) is 2. The number of fused-ring (bicyclic) bond motifs is 2. The lowest BCUT2D eigenvalue weighted by atomic mass is 9.89. The molecule has 0 amide bonds. The molecule has 4 nitrogen and oxygen atoms in total. The molecule has 0 aliphatic carbocycles. The van der Waals surface area contributed by atoms with Crippen LogP contribution < -0.4 is 9.47 Å². The van der Waals surface area contributed by atoms with Crippen molar-refractivity contribution >= 4 is 21.5 Å². The first kappa shape index (κ1) is 13.2. The Hall–Kier alpha value is -3.24. The Morgan fingerprint density at radius 3 is 1.62 bits per heavy atom. The zero-order valence-electron chi connectivity index (χ0n) is 12.7. The van der Waals surface area contributed by atoms with Gasteiger partial charge in [-0.05, 0) is 11.1 Å². The Morgan fingerprint density at radius 2 is 1.21 bits per heavy atom. The molecule has 3 aromatic carbocycles. The molecule has 0 aromatic heterocycles. The summed E-state index contributed by atoms with van der Waals surface area (Å²) in [6.45, 7) is 0. The van der Waals surface area contributed by atoms with Crippen LogP contribution in [0.25, 0.3) is 21.5 Å². The number of nitriles is 2. The molecule has 24 heavy (non-hydrogen) atoms. The van der Waals surface area contributed by atoms with Crippen LogP contribution in [0, 0.1) is 22.7 Å². The van der Waals surface area contributed by atoms with Gasteiger partial charge in [0.05, 0.1) is 0 Å². The topological polar surface area (TPSA) is 66.0 Å². The van der Waals surface area contributed by atoms with Gasteiger partial charge in [-0.1, -0.05) is 36.4 Å². The van der Waals surface area contributed by atoms with E-state index in [-0.39, 0.29) is 0 Å². The Labute approximate surface area is 138 Å². The van der Waals surface area contributed by atoms with E-state index in [2.05, 4.69) is 12.1 Å². The van der Waals surface area contributed by atoms with E-state index in [1.54, 1.807) is 0 Å². The van der Waals surface area contributed by atoms with E-state index < -0.39 is 12.2 Å². The monoisotopic (exact) mass is 312 g/mol. The van der Waals surface area contributed by atoms with Gasteiger partial charge in [-0.2, -0.15) is 10.5 Å². The molecule has 2 heterocycles. The van der Waals surface area contributed by atoms with Crippen LogP contribution in [0.1, 0.15) is 11.1 Å². The maximum atomic E-state index is 9.34. The first-order valence-electron chi connectivity index (χ1n) is 7.92. The Kier molecular flexibility index (Phi) is 2.55. The molecule has 0 unspecified atom stereocenters. The molecule has 0 N–H and O–H groups in total. The summed E-state index contributed by atoms with van der Waals surface area (Å²) in [5.41, 5.74) is 2.18. The van der Waals surface area contributed by atoms with E-state index in [9.17, 15) is 10.5 Å². The Balaban J connectivity index is 1.97. The van der Waals surface area contributed by atoms with Crippen molar-refractivity contribution in [2.24, 2.45) is 0 Å². The predicted molar refractivity (Wildman–Crippen MR) is 88.9 cm³/mol. The van der Waals surface area contributed by atoms with Crippen molar-refractivity contribution < 1.29 is 9.47 Å². The summed E-state index contributed by atoms with van der Waals surface area (Å²) in [4.78, 5) is 0. The summed E-state index contributed by atoms with van der Waals surface area (Å²) in [5, 5.41) is 22.6. The molecule has 5 rings (SSSR count). The second-order valence-electron chi connectivity index (χ2n) is 6.22. The lowest BCUT2D eigenvalue weighted by Gasteiger charge is -2.29. The van der Waals surface area contributed by atoms with Crippen molar-refractivity contribution in [3.63, 3.8) is 0 Å². The average Bonchev–Trinajstić information content (AvgIpc) is 2.64. The van der Waals surface area contributed by atoms with E-state index in [1.807, 2.05) is 36.4 Å². The van der Waals surface area contributed by atoms with Gasteiger partial charge in [-0.25, -0.2) is 0 Å². The standard InChI is InChI=1S/C20H12N2O2/c21-9-13-7-11-3-1-5-15-17(11)20(24-13)16-6-2-4-12-8-14(10-22)23-19(15)18(12)16/h1-6,13-14H,7-8H2/t13-,14+. The van der Waals surface area contributed by atoms with E-state index >= 15 is 0 Å². The first-order chi connectivity index (χ1) is 11.8. The molecule has 0 saturated heterocycles. The minimum atomic E-state index is -0.475. The van der Waals surface area contributed by atoms with Gasteiger partial charge in [-0.3, -0.25) is 0 Å². The lowest BCUT2D eigenvalue weighted by Crippen LogP contribution is -2.24. The minimum absolute atomic E-state index is 0.475. The van der Waals surface area contributed by atoms with Crippen molar-refractivity contribution in [1.29, 1.82) is 10.5 Å². The number of benzene rings is 3. The fourth-order valence-corrected chi connectivity index (χ4v) is 3.88. The van der Waals surface area contributed by atoms with Crippen LogP contribution in [0.4, 0.5) is 0 Å². The van der Waals surface area contributed by atoms with E-state index in [0.29, 0.717) is 12.8 Å². The van der Waals surface area contributed by atoms with Crippen LogP contribution in [-0.4, -0.2) is 12.2 Å². The summed E-state index contributed by atoms with van der Waals surface area (Å²) in [6, 6.07) is 16.5. The van der Waals surface area contributed by atoms with E-state index in [4.69, 9.17) is 9.47 Å². The van der Waals surface area contributed by atoms with E-state index in [1.165, 1.54) is 0 Å². The van der Waals surface area contributed by atoms with E-state index in [0.717, 1.165) is 44.2 Å². The van der Waals surface area contributed by atoms with Crippen LogP contribution in [0.2, 0.25) is 0 Å². The smallest absolute Gasteiger partial charge is 0.188 e. The SMILES string of the molecule is N#C[C@@H]1Cc2cccc3c4c5c(cccc5c(c23)O1)C[C@H](C#N)O4. The molecule has 3 aromatic rings. The van der Waals surface area contributed by atoms with Crippen LogP contribution in [-0.2, 0) is 12.8 Å². The molecule has 0 bridgehead atoms. The molecule has 0 spiro atoms. The Bertz CT molecular complexity index is 1020. The molecule has 0 saturated carbocycles. The van der Waals surface area contributed by atoms with Crippen LogP contribution in [0.5, 0.6) is 11.5 Å². The maximum Gasteiger partial charge on any atom is 0.188 e. The van der Waals surface area contributed by atoms with Gasteiger partial charge in [-0.15, -0.1) is 0 Å². The van der Waals surface area contributed by atoms with Crippen molar-refractivity contribution in [3.8, 4) is 23.6 Å². The summed E-state index contributed by atoms with van der Waals surface area (Å²) in [7, 11) is 0. The quantitative estimate of drug-likeness (QED) is 0.594. The van der Waals surface area contributed by atoms with Gasteiger partial charge in [0, 0.05) is 34.4 Å². The average molecular weight is 312 g/mol. The van der Waals surface area contributed by atoms with Crippen molar-refractivity contribution in [3.05, 3.63) is 47.5 Å². The fraction of sp³-hybridized carbons (Fsp3) is 0.200. The zero-order chi connectivity index (χ0) is 16.3. The van der Waals surface area contributed by atoms with Gasteiger partial charge < -0.3 is 9.47 Å². The zero-order valence-corrected chi connectivity index (χ0v) is 12.7. The molecular weight excluding hydrogens is 300 g/mol. The Morgan fingerprint density at radius 1 is 0.750 bits per heavy atom. The maximum absolute atomic E-state index is 9.34. The second-order valence-corrected chi connectivity index (χ2v) is 6.22. The molecule has 2 aliphatic rings. The summed E-state index contributed by atoms with van der Waals surface area (Å²) in [6.07, 6.45) is 0.174. The second kappa shape index (κ2) is 4.63. The highest BCUT2D eigenvalue weighted by molar-refractivity contribution is 6.13. The van der Waals surface area contributed by atoms with Gasteiger partial charge in [0.25, 0.3) is 0 Å². The fourth-order valence-electron chi connectivity index (χ4n) is 3.88. The number of hydrogen-bond donors (Lipinski definition) is 0. The molecule has 2 atom stereocenters. The van der Waals surface area contributed by atoms with Gasteiger partial charge >= 0.3 is 0 Å². The van der Waals surface area contributed by atoms with Gasteiger partial charge in [0.2, 0.25) is 0 Å². The molecule has 114 valence electrons. The van der Waals surface area contributed by atoms with Crippen molar-refractivity contribution in [1.82, 2.24) is 0 Å². The lowest BCUT2D eigenvalue weighted by molar-refractivity contribution is 0.249. The summed E-state index contributed by atoms with van der Waals surface area (Å²) < 4.78 is 12.0. The summed E-state index contributed by atoms with van der Waals surface area (Å²) in [5.74, 6) is 1.52. The third-order valence-corrected chi connectivity index (χ3v) is 4.86. The number of hydrogen-bond acceptors (Lipinski definition) is 4. The third kappa shape index (κ3) is 1.60. The minimum Gasteiger partial charge on any atom is -0.474 e. The largest absolute Gasteiger partial charge is 0.474 e. The molecule has 0 fully saturated rings. The molecule has 2 aliphatic heterocycles. The van der Waals surface area contributed by atoms with Gasteiger partial charge in [0.1, 0.15) is 23.6 Å². The first-order valence-corrected chi connectivity index (χ1v) is 7.92. The van der Waals surface area contributed by atoms with Crippen molar-refractivity contribution in [2.75, 3.05) is 0 Å². The number of rotatable bonds is 0. The van der Waals surface area contributed by atoms with Gasteiger partial charge in [0.15, 0.2) is 12.2 Å². The predicted octanol–water partition coefficient (Wildman–Crippen LogP) is 3.65. The van der Waals surface area contributed by atoms with Crippen LogP contribution >= 0.6 is 0 Å². The van der Waals surface area contributed by atoms with Crippen LogP contribution in [0.3, 0.4) is 0 Å². The third-order valence-electron chi connectivity index (χ3n) is 4.86. The summed E-state index contributed by atoms with van der Waals surface area (Å²) >= 11 is 0. The normalized spacial score (nSPS) is 20.8.